The molecule has 0 amide bonds. The molecule has 0 saturated heterocycles. The van der Waals surface area contributed by atoms with E-state index in [0.717, 1.165) is 43.7 Å². The SMILES string of the molecule is Cc1nn2c(c1Cc1cc(Cl)cc(Cl)c1)CNCCC2. The third-order valence-corrected chi connectivity index (χ3v) is 4.12. The maximum absolute atomic E-state index is 6.08. The number of rotatable bonds is 2. The Labute approximate surface area is 128 Å². The normalized spacial score (nSPS) is 14.9. The van der Waals surface area contributed by atoms with Gasteiger partial charge in [-0.3, -0.25) is 4.68 Å². The molecule has 0 atom stereocenters. The molecule has 1 N–H and O–H groups in total. The van der Waals surface area contributed by atoms with Crippen LogP contribution < -0.4 is 5.32 Å². The van der Waals surface area contributed by atoms with Crippen molar-refractivity contribution in [1.29, 1.82) is 0 Å². The van der Waals surface area contributed by atoms with Gasteiger partial charge in [0.2, 0.25) is 0 Å². The van der Waals surface area contributed by atoms with E-state index < -0.39 is 0 Å². The van der Waals surface area contributed by atoms with Gasteiger partial charge in [0, 0.05) is 35.1 Å². The number of halogens is 2. The average molecular weight is 310 g/mol. The topological polar surface area (TPSA) is 29.9 Å². The van der Waals surface area contributed by atoms with Gasteiger partial charge in [0.1, 0.15) is 0 Å². The van der Waals surface area contributed by atoms with Gasteiger partial charge >= 0.3 is 0 Å². The molecular weight excluding hydrogens is 293 g/mol. The highest BCUT2D eigenvalue weighted by molar-refractivity contribution is 6.34. The summed E-state index contributed by atoms with van der Waals surface area (Å²) < 4.78 is 2.14. The van der Waals surface area contributed by atoms with Gasteiger partial charge in [0.05, 0.1) is 11.4 Å². The number of hydrogen-bond acceptors (Lipinski definition) is 2. The van der Waals surface area contributed by atoms with Gasteiger partial charge < -0.3 is 5.32 Å². The van der Waals surface area contributed by atoms with Crippen molar-refractivity contribution in [1.82, 2.24) is 15.1 Å². The molecule has 0 bridgehead atoms. The predicted molar refractivity (Wildman–Crippen MR) is 82.6 cm³/mol. The molecule has 0 spiro atoms. The lowest BCUT2D eigenvalue weighted by Gasteiger charge is -2.07. The lowest BCUT2D eigenvalue weighted by molar-refractivity contribution is 0.583. The molecule has 2 heterocycles. The van der Waals surface area contributed by atoms with Crippen LogP contribution in [0.3, 0.4) is 0 Å². The predicted octanol–water partition coefficient (Wildman–Crippen LogP) is 3.58. The molecule has 1 aromatic carbocycles. The van der Waals surface area contributed by atoms with E-state index in [1.807, 2.05) is 12.1 Å². The first kappa shape index (κ1) is 13.9. The zero-order chi connectivity index (χ0) is 14.1. The van der Waals surface area contributed by atoms with E-state index in [4.69, 9.17) is 23.2 Å². The van der Waals surface area contributed by atoms with Gasteiger partial charge in [0.25, 0.3) is 0 Å². The summed E-state index contributed by atoms with van der Waals surface area (Å²) >= 11 is 12.2. The lowest BCUT2D eigenvalue weighted by atomic mass is 10.0. The van der Waals surface area contributed by atoms with Crippen LogP contribution in [0.25, 0.3) is 0 Å². The molecule has 0 aliphatic carbocycles. The van der Waals surface area contributed by atoms with E-state index in [0.29, 0.717) is 10.0 Å². The third-order valence-electron chi connectivity index (χ3n) is 3.69. The maximum Gasteiger partial charge on any atom is 0.0632 e. The van der Waals surface area contributed by atoms with E-state index in [-0.39, 0.29) is 0 Å². The molecule has 106 valence electrons. The van der Waals surface area contributed by atoms with E-state index in [2.05, 4.69) is 22.0 Å². The Bertz CT molecular complexity index is 614. The summed E-state index contributed by atoms with van der Waals surface area (Å²) in [4.78, 5) is 0. The Hall–Kier alpha value is -1.03. The second kappa shape index (κ2) is 5.76. The standard InChI is InChI=1S/C15H17Cl2N3/c1-10-14(7-11-5-12(16)8-13(17)6-11)15-9-18-3-2-4-20(15)19-10/h5-6,8,18H,2-4,7,9H2,1H3. The van der Waals surface area contributed by atoms with Crippen molar-refractivity contribution in [3.8, 4) is 0 Å². The summed E-state index contributed by atoms with van der Waals surface area (Å²) in [6.07, 6.45) is 1.94. The van der Waals surface area contributed by atoms with Gasteiger partial charge in [-0.25, -0.2) is 0 Å². The largest absolute Gasteiger partial charge is 0.311 e. The summed E-state index contributed by atoms with van der Waals surface area (Å²) in [6, 6.07) is 5.71. The molecule has 2 aromatic rings. The van der Waals surface area contributed by atoms with E-state index in [9.17, 15) is 0 Å². The molecule has 1 aliphatic rings. The first-order chi connectivity index (χ1) is 9.63. The zero-order valence-corrected chi connectivity index (χ0v) is 12.9. The number of benzene rings is 1. The summed E-state index contributed by atoms with van der Waals surface area (Å²) in [5.74, 6) is 0. The zero-order valence-electron chi connectivity index (χ0n) is 11.4. The molecular formula is C15H17Cl2N3. The fourth-order valence-corrected chi connectivity index (χ4v) is 3.33. The minimum atomic E-state index is 0.682. The molecule has 3 rings (SSSR count). The monoisotopic (exact) mass is 309 g/mol. The maximum atomic E-state index is 6.08. The molecule has 0 fully saturated rings. The van der Waals surface area contributed by atoms with Crippen LogP contribution >= 0.6 is 23.2 Å². The van der Waals surface area contributed by atoms with Crippen LogP contribution in [0.15, 0.2) is 18.2 Å². The number of aromatic nitrogens is 2. The molecule has 5 heteroatoms. The Kier molecular flexibility index (Phi) is 4.01. The summed E-state index contributed by atoms with van der Waals surface area (Å²) in [6.45, 7) is 4.98. The highest BCUT2D eigenvalue weighted by Gasteiger charge is 2.17. The van der Waals surface area contributed by atoms with Crippen molar-refractivity contribution in [3.63, 3.8) is 0 Å². The lowest BCUT2D eigenvalue weighted by Crippen LogP contribution is -2.13. The smallest absolute Gasteiger partial charge is 0.0632 e. The van der Waals surface area contributed by atoms with Gasteiger partial charge in [-0.2, -0.15) is 5.10 Å². The van der Waals surface area contributed by atoms with Gasteiger partial charge in [-0.15, -0.1) is 0 Å². The number of hydrogen-bond donors (Lipinski definition) is 1. The van der Waals surface area contributed by atoms with E-state index in [1.165, 1.54) is 11.3 Å². The molecule has 1 aliphatic heterocycles. The first-order valence-electron chi connectivity index (χ1n) is 6.84. The van der Waals surface area contributed by atoms with Crippen LogP contribution in [0.4, 0.5) is 0 Å². The van der Waals surface area contributed by atoms with Crippen molar-refractivity contribution < 1.29 is 0 Å². The van der Waals surface area contributed by atoms with Crippen LogP contribution in [-0.4, -0.2) is 16.3 Å². The van der Waals surface area contributed by atoms with Gasteiger partial charge in [-0.1, -0.05) is 23.2 Å². The summed E-state index contributed by atoms with van der Waals surface area (Å²) in [5.41, 5.74) is 4.80. The Morgan fingerprint density at radius 3 is 2.75 bits per heavy atom. The van der Waals surface area contributed by atoms with Gasteiger partial charge in [-0.05, 0) is 43.7 Å². The van der Waals surface area contributed by atoms with Crippen molar-refractivity contribution >= 4 is 23.2 Å². The number of aryl methyl sites for hydroxylation is 2. The molecule has 1 aromatic heterocycles. The van der Waals surface area contributed by atoms with Crippen LogP contribution in [0, 0.1) is 6.92 Å². The minimum absolute atomic E-state index is 0.682. The second-order valence-corrected chi connectivity index (χ2v) is 6.09. The Balaban J connectivity index is 1.96. The van der Waals surface area contributed by atoms with E-state index in [1.54, 1.807) is 6.07 Å². The average Bonchev–Trinajstić information content (AvgIpc) is 2.56. The Morgan fingerprint density at radius 2 is 2.00 bits per heavy atom. The fourth-order valence-electron chi connectivity index (χ4n) is 2.76. The third kappa shape index (κ3) is 2.85. The second-order valence-electron chi connectivity index (χ2n) is 5.22. The minimum Gasteiger partial charge on any atom is -0.311 e. The van der Waals surface area contributed by atoms with Crippen molar-refractivity contribution in [2.24, 2.45) is 0 Å². The van der Waals surface area contributed by atoms with Gasteiger partial charge in [0.15, 0.2) is 0 Å². The number of nitrogens with zero attached hydrogens (tertiary/aromatic N) is 2. The first-order valence-corrected chi connectivity index (χ1v) is 7.60. The number of nitrogens with one attached hydrogen (secondary N) is 1. The van der Waals surface area contributed by atoms with E-state index >= 15 is 0 Å². The highest BCUT2D eigenvalue weighted by Crippen LogP contribution is 2.24. The summed E-state index contributed by atoms with van der Waals surface area (Å²) in [7, 11) is 0. The fraction of sp³-hybridized carbons (Fsp3) is 0.400. The Morgan fingerprint density at radius 1 is 1.25 bits per heavy atom. The molecule has 3 nitrogen and oxygen atoms in total. The highest BCUT2D eigenvalue weighted by atomic mass is 35.5. The van der Waals surface area contributed by atoms with Crippen LogP contribution in [0.1, 0.15) is 28.9 Å². The van der Waals surface area contributed by atoms with Crippen molar-refractivity contribution in [2.45, 2.75) is 32.9 Å². The number of fused-ring (bicyclic) bond motifs is 1. The molecule has 0 unspecified atom stereocenters. The van der Waals surface area contributed by atoms with Crippen LogP contribution in [-0.2, 0) is 19.5 Å². The van der Waals surface area contributed by atoms with Crippen molar-refractivity contribution in [3.05, 3.63) is 50.8 Å². The quantitative estimate of drug-likeness (QED) is 0.919. The van der Waals surface area contributed by atoms with Crippen LogP contribution in [0.5, 0.6) is 0 Å². The molecule has 20 heavy (non-hydrogen) atoms. The molecule has 0 saturated carbocycles. The summed E-state index contributed by atoms with van der Waals surface area (Å²) in [5, 5.41) is 9.48. The van der Waals surface area contributed by atoms with Crippen molar-refractivity contribution in [2.75, 3.05) is 6.54 Å². The molecule has 0 radical (unpaired) electrons. The van der Waals surface area contributed by atoms with Crippen LogP contribution in [0.2, 0.25) is 10.0 Å².